The van der Waals surface area contributed by atoms with Gasteiger partial charge in [-0.1, -0.05) is 6.58 Å². The predicted molar refractivity (Wildman–Crippen MR) is 57.7 cm³/mol. The topological polar surface area (TPSA) is 49.4 Å². The van der Waals surface area contributed by atoms with E-state index in [0.29, 0.717) is 0 Å². The summed E-state index contributed by atoms with van der Waals surface area (Å²) in [7, 11) is 0. The Balaban J connectivity index is 0.000000336. The van der Waals surface area contributed by atoms with Crippen molar-refractivity contribution >= 4 is 41.8 Å². The number of hydrogen-bond acceptors (Lipinski definition) is 3. The van der Waals surface area contributed by atoms with Crippen LogP contribution in [0.5, 0.6) is 5.75 Å². The van der Waals surface area contributed by atoms with Gasteiger partial charge in [-0.2, -0.15) is 0 Å². The van der Waals surface area contributed by atoms with Crippen LogP contribution in [0.15, 0.2) is 43.0 Å². The molecule has 76 valence electrons. The van der Waals surface area contributed by atoms with E-state index >= 15 is 0 Å². The maximum absolute atomic E-state index is 9.14. The first-order valence-corrected chi connectivity index (χ1v) is 6.07. The Kier molecular flexibility index (Phi) is 9.68. The summed E-state index contributed by atoms with van der Waals surface area (Å²) in [6.45, 7) is 3.76. The van der Waals surface area contributed by atoms with E-state index in [1.165, 1.54) is 38.3 Å². The maximum atomic E-state index is 9.14. The number of para-hydroxylation sites is 1. The van der Waals surface area contributed by atoms with Gasteiger partial charge in [0, 0.05) is 0 Å². The van der Waals surface area contributed by atoms with Crippen molar-refractivity contribution in [2.45, 2.75) is 2.52 Å². The number of carboxylic acid groups (broad SMARTS) is 1. The van der Waals surface area contributed by atoms with Gasteiger partial charge < -0.3 is 9.90 Å². The molecule has 1 rings (SSSR count). The standard InChI is InChI=1S/C8H9O.C3H4O2.Ca/c1-2-9-8-6-4-3-5-7-8;1-2-3(4)5;/h3-7H,1-2H2;2H,1H2,(H,4,5);/q;;+1/p-1. The average molecular weight is 232 g/mol. The van der Waals surface area contributed by atoms with E-state index in [2.05, 4.69) is 6.58 Å². The second-order valence-electron chi connectivity index (χ2n) is 2.54. The van der Waals surface area contributed by atoms with Crippen LogP contribution in [0, 0.1) is 0 Å². The van der Waals surface area contributed by atoms with Gasteiger partial charge in [-0.15, -0.1) is 0 Å². The molecule has 0 bridgehead atoms. The van der Waals surface area contributed by atoms with Crippen LogP contribution in [0.25, 0.3) is 0 Å². The Morgan fingerprint density at radius 2 is 2.00 bits per heavy atom. The molecule has 0 heterocycles. The van der Waals surface area contributed by atoms with Crippen molar-refractivity contribution in [3.05, 3.63) is 43.0 Å². The van der Waals surface area contributed by atoms with E-state index in [0.717, 1.165) is 18.4 Å². The second kappa shape index (κ2) is 10.0. The average Bonchev–Trinajstić information content (AvgIpc) is 2.28. The third kappa shape index (κ3) is 9.79. The number of aliphatic carboxylic acids is 1. The minimum atomic E-state index is -1.23. The van der Waals surface area contributed by atoms with Gasteiger partial charge in [0.1, 0.15) is 0 Å². The first kappa shape index (κ1) is 14.5. The Morgan fingerprint density at radius 3 is 2.40 bits per heavy atom. The summed E-state index contributed by atoms with van der Waals surface area (Å²) in [6, 6.07) is 9.93. The molecule has 0 unspecified atom stereocenters. The number of carboxylic acids is 1. The molecule has 3 nitrogen and oxygen atoms in total. The summed E-state index contributed by atoms with van der Waals surface area (Å²) in [4.78, 5) is 9.14. The van der Waals surface area contributed by atoms with Gasteiger partial charge in [0.05, 0.1) is 5.97 Å². The summed E-state index contributed by atoms with van der Waals surface area (Å²) in [6.07, 6.45) is 0.722. The number of benzene rings is 1. The summed E-state index contributed by atoms with van der Waals surface area (Å²) >= 11 is 1.31. The Labute approximate surface area is 113 Å². The van der Waals surface area contributed by atoms with Crippen LogP contribution < -0.4 is 9.84 Å². The van der Waals surface area contributed by atoms with Crippen LogP contribution >= 0.6 is 0 Å². The predicted octanol–water partition coefficient (Wildman–Crippen LogP) is 0.574. The van der Waals surface area contributed by atoms with Gasteiger partial charge in [0.15, 0.2) is 0 Å². The molecule has 0 atom stereocenters. The number of ether oxygens (including phenoxy) is 1. The zero-order chi connectivity index (χ0) is 11.5. The van der Waals surface area contributed by atoms with Crippen LogP contribution in [-0.2, 0) is 4.79 Å². The van der Waals surface area contributed by atoms with Crippen LogP contribution in [-0.4, -0.2) is 48.4 Å². The quantitative estimate of drug-likeness (QED) is 0.563. The van der Waals surface area contributed by atoms with Crippen molar-refractivity contribution in [1.82, 2.24) is 0 Å². The van der Waals surface area contributed by atoms with Gasteiger partial charge in [-0.3, -0.25) is 0 Å². The van der Waals surface area contributed by atoms with E-state index in [-0.39, 0.29) is 0 Å². The van der Waals surface area contributed by atoms with Crippen molar-refractivity contribution in [2.24, 2.45) is 0 Å². The molecule has 0 N–H and O–H groups in total. The minimum absolute atomic E-state index is 0.722. The number of carbonyl (C=O) groups is 1. The zero-order valence-electron chi connectivity index (χ0n) is 8.52. The Hall–Kier alpha value is -0.510. The van der Waals surface area contributed by atoms with Crippen LogP contribution in [0.4, 0.5) is 0 Å². The first-order valence-electron chi connectivity index (χ1n) is 4.51. The summed E-state index contributed by atoms with van der Waals surface area (Å²) < 4.78 is 6.58. The molecule has 0 aromatic heterocycles. The van der Waals surface area contributed by atoms with Crippen LogP contribution in [0.1, 0.15) is 0 Å². The van der Waals surface area contributed by atoms with Crippen molar-refractivity contribution in [2.75, 3.05) is 6.61 Å². The molecule has 0 aliphatic rings. The van der Waals surface area contributed by atoms with E-state index in [1.54, 1.807) is 0 Å². The monoisotopic (exact) mass is 232 g/mol. The summed E-state index contributed by atoms with van der Waals surface area (Å²) in [5.74, 6) is -0.249. The number of rotatable bonds is 4. The molecular weight excluding hydrogens is 220 g/mol. The molecule has 0 saturated carbocycles. The van der Waals surface area contributed by atoms with Gasteiger partial charge in [0.25, 0.3) is 0 Å². The fourth-order valence-electron chi connectivity index (χ4n) is 0.707. The van der Waals surface area contributed by atoms with Crippen LogP contribution in [0.2, 0.25) is 2.52 Å². The Bertz CT molecular complexity index is 285. The van der Waals surface area contributed by atoms with E-state index < -0.39 is 5.97 Å². The van der Waals surface area contributed by atoms with Crippen molar-refractivity contribution in [3.63, 3.8) is 0 Å². The molecule has 0 spiro atoms. The van der Waals surface area contributed by atoms with E-state index in [1.807, 2.05) is 30.3 Å². The fraction of sp³-hybridized carbons (Fsp3) is 0.182. The molecular formula is C11H12CaO3. The first-order chi connectivity index (χ1) is 7.20. The number of hydrogen-bond donors (Lipinski definition) is 0. The van der Waals surface area contributed by atoms with Gasteiger partial charge in [-0.05, 0) is 6.08 Å². The fourth-order valence-corrected chi connectivity index (χ4v) is 0.932. The Morgan fingerprint density at radius 1 is 1.47 bits per heavy atom. The summed E-state index contributed by atoms with van der Waals surface area (Å²) in [5, 5.41) is 9.14. The number of carbonyl (C=O) groups excluding carboxylic acids is 1. The summed E-state index contributed by atoms with van der Waals surface area (Å²) in [5.41, 5.74) is 0. The van der Waals surface area contributed by atoms with Crippen molar-refractivity contribution in [3.8, 4) is 5.75 Å². The van der Waals surface area contributed by atoms with Crippen molar-refractivity contribution < 1.29 is 14.6 Å². The second-order valence-corrected chi connectivity index (χ2v) is 3.64. The molecule has 0 amide bonds. The molecule has 0 aliphatic heterocycles. The molecule has 0 aliphatic carbocycles. The molecule has 0 fully saturated rings. The van der Waals surface area contributed by atoms with Gasteiger partial charge in [-0.25, -0.2) is 0 Å². The zero-order valence-corrected chi connectivity index (χ0v) is 10.7. The molecule has 4 heteroatoms. The van der Waals surface area contributed by atoms with Gasteiger partial charge in [0.2, 0.25) is 0 Å². The molecule has 1 aromatic carbocycles. The SMILES string of the molecule is C=CC(=O)[O-].[Ca+][CH2]COc1ccccc1. The van der Waals surface area contributed by atoms with Gasteiger partial charge >= 0.3 is 85.7 Å². The van der Waals surface area contributed by atoms with E-state index in [4.69, 9.17) is 14.6 Å². The normalized spacial score (nSPS) is 8.40. The van der Waals surface area contributed by atoms with Crippen LogP contribution in [0.3, 0.4) is 0 Å². The third-order valence-electron chi connectivity index (χ3n) is 1.32. The van der Waals surface area contributed by atoms with E-state index in [9.17, 15) is 0 Å². The van der Waals surface area contributed by atoms with Crippen molar-refractivity contribution in [1.29, 1.82) is 0 Å². The molecule has 1 aromatic rings. The molecule has 15 heavy (non-hydrogen) atoms. The molecule has 0 radical (unpaired) electrons. The molecule has 0 saturated heterocycles. The third-order valence-corrected chi connectivity index (χ3v) is 1.77.